The molecule has 0 radical (unpaired) electrons. The van der Waals surface area contributed by atoms with E-state index in [9.17, 15) is 0 Å². The molecule has 0 atom stereocenters. The summed E-state index contributed by atoms with van der Waals surface area (Å²) >= 11 is 0. The average molecular weight is 276 g/mol. The first-order chi connectivity index (χ1) is 10.4. The second-order valence-corrected chi connectivity index (χ2v) is 4.91. The van der Waals surface area contributed by atoms with Crippen molar-refractivity contribution in [2.24, 2.45) is 0 Å². The zero-order valence-electron chi connectivity index (χ0n) is 12.1. The molecule has 3 aromatic rings. The van der Waals surface area contributed by atoms with Gasteiger partial charge in [-0.1, -0.05) is 48.5 Å². The second kappa shape index (κ2) is 6.23. The molecule has 0 saturated heterocycles. The van der Waals surface area contributed by atoms with Crippen LogP contribution in [0.15, 0.2) is 79.1 Å². The van der Waals surface area contributed by atoms with Crippen LogP contribution in [0.25, 0.3) is 11.1 Å². The Bertz CT molecular complexity index is 722. The first-order valence-electron chi connectivity index (χ1n) is 7.04. The van der Waals surface area contributed by atoms with Crippen LogP contribution in [0.2, 0.25) is 0 Å². The van der Waals surface area contributed by atoms with E-state index in [-0.39, 0.29) is 0 Å². The minimum absolute atomic E-state index is 0.842. The fourth-order valence-corrected chi connectivity index (χ4v) is 2.52. The van der Waals surface area contributed by atoms with E-state index >= 15 is 0 Å². The third-order valence-corrected chi connectivity index (χ3v) is 3.54. The van der Waals surface area contributed by atoms with E-state index in [1.54, 1.807) is 7.11 Å². The van der Waals surface area contributed by atoms with Gasteiger partial charge >= 0.3 is 0 Å². The van der Waals surface area contributed by atoms with Crippen molar-refractivity contribution >= 4 is 0 Å². The van der Waals surface area contributed by atoms with Crippen molar-refractivity contribution in [3.8, 4) is 16.9 Å². The van der Waals surface area contributed by atoms with E-state index in [0.717, 1.165) is 17.9 Å². The zero-order valence-corrected chi connectivity index (χ0v) is 12.1. The molecule has 0 aliphatic carbocycles. The lowest BCUT2D eigenvalue weighted by molar-refractivity contribution is -0.688. The predicted octanol–water partition coefficient (Wildman–Crippen LogP) is 3.70. The number of methoxy groups -OCH3 is 1. The summed E-state index contributed by atoms with van der Waals surface area (Å²) in [5.74, 6) is 0.906. The maximum atomic E-state index is 5.50. The van der Waals surface area contributed by atoms with Crippen molar-refractivity contribution in [1.29, 1.82) is 0 Å². The lowest BCUT2D eigenvalue weighted by Crippen LogP contribution is -2.33. The third kappa shape index (κ3) is 2.95. The Balaban J connectivity index is 2.04. The van der Waals surface area contributed by atoms with Gasteiger partial charge in [-0.2, -0.15) is 0 Å². The van der Waals surface area contributed by atoms with Crippen LogP contribution < -0.4 is 9.30 Å². The van der Waals surface area contributed by atoms with Crippen molar-refractivity contribution in [2.45, 2.75) is 6.54 Å². The number of ether oxygens (including phenoxy) is 1. The monoisotopic (exact) mass is 276 g/mol. The Labute approximate surface area is 125 Å². The number of pyridine rings is 1. The standard InChI is InChI=1S/C19H18NO/c1-21-19-12-6-5-11-18(19)17-10-4-3-9-16(17)15-20-13-7-2-8-14-20/h2-14H,15H2,1H3/q+1. The Morgan fingerprint density at radius 3 is 2.19 bits per heavy atom. The van der Waals surface area contributed by atoms with Crippen molar-refractivity contribution < 1.29 is 9.30 Å². The van der Waals surface area contributed by atoms with Gasteiger partial charge in [0.1, 0.15) is 5.75 Å². The lowest BCUT2D eigenvalue weighted by Gasteiger charge is -2.11. The second-order valence-electron chi connectivity index (χ2n) is 4.91. The van der Waals surface area contributed by atoms with Gasteiger partial charge in [-0.25, -0.2) is 4.57 Å². The number of hydrogen-bond acceptors (Lipinski definition) is 1. The summed E-state index contributed by atoms with van der Waals surface area (Å²) in [6, 6.07) is 22.7. The fraction of sp³-hybridized carbons (Fsp3) is 0.105. The SMILES string of the molecule is COc1ccccc1-c1ccccc1C[n+]1ccccc1. The van der Waals surface area contributed by atoms with Gasteiger partial charge in [-0.05, 0) is 11.6 Å². The highest BCUT2D eigenvalue weighted by atomic mass is 16.5. The maximum absolute atomic E-state index is 5.50. The van der Waals surface area contributed by atoms with E-state index in [1.807, 2.05) is 36.4 Å². The first-order valence-corrected chi connectivity index (χ1v) is 7.04. The Hall–Kier alpha value is -2.61. The maximum Gasteiger partial charge on any atom is 0.174 e. The molecular weight excluding hydrogens is 258 g/mol. The van der Waals surface area contributed by atoms with E-state index in [2.05, 4.69) is 47.3 Å². The van der Waals surface area contributed by atoms with Gasteiger partial charge in [-0.3, -0.25) is 0 Å². The third-order valence-electron chi connectivity index (χ3n) is 3.54. The van der Waals surface area contributed by atoms with Crippen LogP contribution in [0.5, 0.6) is 5.75 Å². The molecular formula is C19H18NO+. The fourth-order valence-electron chi connectivity index (χ4n) is 2.52. The minimum Gasteiger partial charge on any atom is -0.496 e. The van der Waals surface area contributed by atoms with Crippen LogP contribution in [-0.4, -0.2) is 7.11 Å². The molecule has 3 rings (SSSR count). The molecule has 2 heteroatoms. The van der Waals surface area contributed by atoms with Crippen LogP contribution in [0.3, 0.4) is 0 Å². The topological polar surface area (TPSA) is 13.1 Å². The molecule has 0 aliphatic heterocycles. The van der Waals surface area contributed by atoms with Crippen LogP contribution in [-0.2, 0) is 6.54 Å². The van der Waals surface area contributed by atoms with Gasteiger partial charge in [-0.15, -0.1) is 0 Å². The van der Waals surface area contributed by atoms with E-state index in [4.69, 9.17) is 4.74 Å². The molecule has 0 aliphatic rings. The highest BCUT2D eigenvalue weighted by Gasteiger charge is 2.12. The molecule has 1 heterocycles. The molecule has 1 aromatic heterocycles. The normalized spacial score (nSPS) is 10.3. The molecule has 0 saturated carbocycles. The molecule has 104 valence electrons. The molecule has 0 N–H and O–H groups in total. The van der Waals surface area contributed by atoms with Crippen molar-refractivity contribution in [1.82, 2.24) is 0 Å². The minimum atomic E-state index is 0.842. The van der Waals surface area contributed by atoms with Crippen LogP contribution >= 0.6 is 0 Å². The van der Waals surface area contributed by atoms with Crippen molar-refractivity contribution in [3.63, 3.8) is 0 Å². The number of benzene rings is 2. The number of rotatable bonds is 4. The van der Waals surface area contributed by atoms with Gasteiger partial charge in [0.2, 0.25) is 0 Å². The van der Waals surface area contributed by atoms with Crippen LogP contribution in [0, 0.1) is 0 Å². The number of aromatic nitrogens is 1. The zero-order chi connectivity index (χ0) is 14.5. The molecule has 21 heavy (non-hydrogen) atoms. The molecule has 0 unspecified atom stereocenters. The summed E-state index contributed by atoms with van der Waals surface area (Å²) in [6.07, 6.45) is 4.16. The van der Waals surface area contributed by atoms with E-state index in [0.29, 0.717) is 0 Å². The van der Waals surface area contributed by atoms with Crippen LogP contribution in [0.1, 0.15) is 5.56 Å². The quantitative estimate of drug-likeness (QED) is 0.662. The molecule has 0 spiro atoms. The molecule has 2 aromatic carbocycles. The number of nitrogens with zero attached hydrogens (tertiary/aromatic N) is 1. The summed E-state index contributed by atoms with van der Waals surface area (Å²) in [5.41, 5.74) is 3.62. The molecule has 0 fully saturated rings. The van der Waals surface area contributed by atoms with E-state index < -0.39 is 0 Å². The van der Waals surface area contributed by atoms with Gasteiger partial charge < -0.3 is 4.74 Å². The predicted molar refractivity (Wildman–Crippen MR) is 84.2 cm³/mol. The molecule has 0 bridgehead atoms. The smallest absolute Gasteiger partial charge is 0.174 e. The van der Waals surface area contributed by atoms with E-state index in [1.165, 1.54) is 11.1 Å². The Morgan fingerprint density at radius 2 is 1.43 bits per heavy atom. The summed E-state index contributed by atoms with van der Waals surface area (Å²) in [5, 5.41) is 0. The van der Waals surface area contributed by atoms with Gasteiger partial charge in [0, 0.05) is 23.3 Å². The molecule has 2 nitrogen and oxygen atoms in total. The first kappa shape index (κ1) is 13.4. The highest BCUT2D eigenvalue weighted by molar-refractivity contribution is 5.73. The van der Waals surface area contributed by atoms with Crippen molar-refractivity contribution in [2.75, 3.05) is 7.11 Å². The Kier molecular flexibility index (Phi) is 3.97. The van der Waals surface area contributed by atoms with Crippen LogP contribution in [0.4, 0.5) is 0 Å². The number of para-hydroxylation sites is 1. The summed E-state index contributed by atoms with van der Waals surface area (Å²) in [7, 11) is 1.72. The Morgan fingerprint density at radius 1 is 0.762 bits per heavy atom. The number of hydrogen-bond donors (Lipinski definition) is 0. The van der Waals surface area contributed by atoms with Gasteiger partial charge in [0.05, 0.1) is 7.11 Å². The summed E-state index contributed by atoms with van der Waals surface area (Å²) < 4.78 is 7.67. The van der Waals surface area contributed by atoms with Crippen molar-refractivity contribution in [3.05, 3.63) is 84.7 Å². The summed E-state index contributed by atoms with van der Waals surface area (Å²) in [4.78, 5) is 0. The summed E-state index contributed by atoms with van der Waals surface area (Å²) in [6.45, 7) is 0.842. The molecule has 0 amide bonds. The largest absolute Gasteiger partial charge is 0.496 e. The van der Waals surface area contributed by atoms with Gasteiger partial charge in [0.15, 0.2) is 18.9 Å². The average Bonchev–Trinajstić information content (AvgIpc) is 2.56. The van der Waals surface area contributed by atoms with Gasteiger partial charge in [0.25, 0.3) is 0 Å². The lowest BCUT2D eigenvalue weighted by atomic mass is 9.98. The highest BCUT2D eigenvalue weighted by Crippen LogP contribution is 2.31.